The van der Waals surface area contributed by atoms with E-state index in [9.17, 15) is 13.6 Å². The highest BCUT2D eigenvalue weighted by atomic mass is 19.3. The molecule has 156 valence electrons. The number of quaternary nitrogens is 1. The Morgan fingerprint density at radius 1 is 0.867 bits per heavy atom. The van der Waals surface area contributed by atoms with Gasteiger partial charge in [-0.2, -0.15) is 8.78 Å². The molecule has 0 saturated carbocycles. The zero-order valence-corrected chi connectivity index (χ0v) is 16.5. The van der Waals surface area contributed by atoms with Gasteiger partial charge in [0.15, 0.2) is 6.54 Å². The van der Waals surface area contributed by atoms with Gasteiger partial charge in [0.2, 0.25) is 0 Å². The molecule has 0 fully saturated rings. The Balaban J connectivity index is 1.60. The fraction of sp³-hybridized carbons (Fsp3) is 0.208. The molecule has 1 amide bonds. The van der Waals surface area contributed by atoms with Crippen LogP contribution in [0.4, 0.5) is 8.78 Å². The third-order valence-electron chi connectivity index (χ3n) is 4.74. The van der Waals surface area contributed by atoms with Crippen LogP contribution in [0.15, 0.2) is 84.9 Å². The zero-order chi connectivity index (χ0) is 21.2. The van der Waals surface area contributed by atoms with Crippen LogP contribution in [0.3, 0.4) is 0 Å². The van der Waals surface area contributed by atoms with Crippen molar-refractivity contribution in [2.24, 2.45) is 0 Å². The van der Waals surface area contributed by atoms with Crippen LogP contribution in [0.1, 0.15) is 22.7 Å². The molecule has 0 spiro atoms. The standard InChI is InChI=1S/C24H24F2N2O2/c25-24(26)30-21-13-11-20(12-14-21)23(19-9-5-2-6-10-19)28-17-22(29)27-16-15-18-7-3-1-4-8-18/h1-14,23-24,28H,15-17H2,(H,27,29)/p+1/t23-/m0/s1. The van der Waals surface area contributed by atoms with Gasteiger partial charge >= 0.3 is 6.61 Å². The van der Waals surface area contributed by atoms with Crippen molar-refractivity contribution in [3.05, 3.63) is 102 Å². The van der Waals surface area contributed by atoms with Crippen molar-refractivity contribution < 1.29 is 23.6 Å². The molecule has 4 nitrogen and oxygen atoms in total. The summed E-state index contributed by atoms with van der Waals surface area (Å²) in [7, 11) is 0. The first-order chi connectivity index (χ1) is 14.6. The molecule has 0 saturated heterocycles. The maximum absolute atomic E-state index is 12.4. The lowest BCUT2D eigenvalue weighted by Crippen LogP contribution is -2.87. The number of amides is 1. The minimum Gasteiger partial charge on any atom is -0.435 e. The second-order valence-corrected chi connectivity index (χ2v) is 6.86. The maximum atomic E-state index is 12.4. The fourth-order valence-corrected chi connectivity index (χ4v) is 3.27. The quantitative estimate of drug-likeness (QED) is 0.538. The molecular formula is C24H25F2N2O2+. The average Bonchev–Trinajstić information content (AvgIpc) is 2.76. The number of carbonyl (C=O) groups excluding carboxylic acids is 1. The predicted molar refractivity (Wildman–Crippen MR) is 111 cm³/mol. The molecular weight excluding hydrogens is 386 g/mol. The van der Waals surface area contributed by atoms with Crippen molar-refractivity contribution in [3.8, 4) is 5.75 Å². The molecule has 3 rings (SSSR count). The number of nitrogens with two attached hydrogens (primary N) is 1. The lowest BCUT2D eigenvalue weighted by molar-refractivity contribution is -0.676. The number of hydrogen-bond donors (Lipinski definition) is 2. The van der Waals surface area contributed by atoms with Crippen LogP contribution in [-0.4, -0.2) is 25.6 Å². The van der Waals surface area contributed by atoms with E-state index in [1.165, 1.54) is 17.7 Å². The highest BCUT2D eigenvalue weighted by Gasteiger charge is 2.19. The summed E-state index contributed by atoms with van der Waals surface area (Å²) in [5, 5.41) is 4.89. The Morgan fingerprint density at radius 3 is 2.10 bits per heavy atom. The first kappa shape index (κ1) is 21.5. The van der Waals surface area contributed by atoms with E-state index < -0.39 is 6.61 Å². The fourth-order valence-electron chi connectivity index (χ4n) is 3.27. The first-order valence-electron chi connectivity index (χ1n) is 9.85. The van der Waals surface area contributed by atoms with Crippen LogP contribution < -0.4 is 15.4 Å². The van der Waals surface area contributed by atoms with E-state index in [-0.39, 0.29) is 24.2 Å². The first-order valence-corrected chi connectivity index (χ1v) is 9.85. The number of halogens is 2. The van der Waals surface area contributed by atoms with Gasteiger partial charge in [-0.25, -0.2) is 0 Å². The SMILES string of the molecule is O=C(C[NH2+][C@@H](c1ccccc1)c1ccc(OC(F)F)cc1)NCCc1ccccc1. The number of ether oxygens (including phenoxy) is 1. The monoisotopic (exact) mass is 411 g/mol. The van der Waals surface area contributed by atoms with Gasteiger partial charge in [0.1, 0.15) is 11.8 Å². The smallest absolute Gasteiger partial charge is 0.387 e. The Kier molecular flexibility index (Phi) is 7.92. The van der Waals surface area contributed by atoms with Crippen molar-refractivity contribution in [2.45, 2.75) is 19.1 Å². The van der Waals surface area contributed by atoms with Gasteiger partial charge in [0.05, 0.1) is 0 Å². The second kappa shape index (κ2) is 11.1. The Bertz CT molecular complexity index is 904. The molecule has 6 heteroatoms. The molecule has 0 bridgehead atoms. The minimum absolute atomic E-state index is 0.0514. The van der Waals surface area contributed by atoms with Gasteiger partial charge in [-0.15, -0.1) is 0 Å². The summed E-state index contributed by atoms with van der Waals surface area (Å²) in [6.07, 6.45) is 0.778. The third kappa shape index (κ3) is 6.67. The van der Waals surface area contributed by atoms with Crippen LogP contribution >= 0.6 is 0 Å². The van der Waals surface area contributed by atoms with Gasteiger partial charge < -0.3 is 15.4 Å². The molecule has 0 aromatic heterocycles. The van der Waals surface area contributed by atoms with Crippen LogP contribution in [0, 0.1) is 0 Å². The summed E-state index contributed by atoms with van der Waals surface area (Å²) in [6, 6.07) is 26.2. The summed E-state index contributed by atoms with van der Waals surface area (Å²) >= 11 is 0. The number of rotatable bonds is 10. The van der Waals surface area contributed by atoms with E-state index >= 15 is 0 Å². The third-order valence-corrected chi connectivity index (χ3v) is 4.74. The lowest BCUT2D eigenvalue weighted by atomic mass is 9.98. The molecule has 0 aliphatic rings. The molecule has 1 atom stereocenters. The van der Waals surface area contributed by atoms with Gasteiger partial charge in [-0.1, -0.05) is 60.7 Å². The molecule has 0 heterocycles. The summed E-state index contributed by atoms with van der Waals surface area (Å²) in [5.41, 5.74) is 3.10. The van der Waals surface area contributed by atoms with E-state index in [1.807, 2.05) is 66.0 Å². The van der Waals surface area contributed by atoms with Crippen molar-refractivity contribution in [1.29, 1.82) is 0 Å². The van der Waals surface area contributed by atoms with Crippen LogP contribution in [-0.2, 0) is 11.2 Å². The molecule has 3 aromatic rings. The number of alkyl halides is 2. The molecule has 3 N–H and O–H groups in total. The van der Waals surface area contributed by atoms with Gasteiger partial charge in [0.25, 0.3) is 5.91 Å². The molecule has 30 heavy (non-hydrogen) atoms. The normalized spacial score (nSPS) is 11.8. The Hall–Kier alpha value is -3.25. The number of hydrogen-bond acceptors (Lipinski definition) is 2. The predicted octanol–water partition coefficient (Wildman–Crippen LogP) is 3.30. The van der Waals surface area contributed by atoms with Crippen molar-refractivity contribution in [2.75, 3.05) is 13.1 Å². The molecule has 0 radical (unpaired) electrons. The van der Waals surface area contributed by atoms with E-state index in [1.54, 1.807) is 12.1 Å². The molecule has 3 aromatic carbocycles. The second-order valence-electron chi connectivity index (χ2n) is 6.86. The zero-order valence-electron chi connectivity index (χ0n) is 16.5. The topological polar surface area (TPSA) is 54.9 Å². The van der Waals surface area contributed by atoms with E-state index in [0.29, 0.717) is 6.54 Å². The van der Waals surface area contributed by atoms with Crippen LogP contribution in [0.5, 0.6) is 5.75 Å². The van der Waals surface area contributed by atoms with Gasteiger partial charge in [-0.05, 0) is 36.2 Å². The van der Waals surface area contributed by atoms with Crippen molar-refractivity contribution in [3.63, 3.8) is 0 Å². The molecule has 0 aliphatic heterocycles. The summed E-state index contributed by atoms with van der Waals surface area (Å²) in [4.78, 5) is 12.3. The van der Waals surface area contributed by atoms with E-state index in [2.05, 4.69) is 10.1 Å². The van der Waals surface area contributed by atoms with Gasteiger partial charge in [0, 0.05) is 17.7 Å². The van der Waals surface area contributed by atoms with Crippen LogP contribution in [0.25, 0.3) is 0 Å². The summed E-state index contributed by atoms with van der Waals surface area (Å²) in [6.45, 7) is -2.03. The maximum Gasteiger partial charge on any atom is 0.387 e. The molecule has 0 aliphatic carbocycles. The highest BCUT2D eigenvalue weighted by molar-refractivity contribution is 5.76. The van der Waals surface area contributed by atoms with E-state index in [4.69, 9.17) is 0 Å². The highest BCUT2D eigenvalue weighted by Crippen LogP contribution is 2.22. The largest absolute Gasteiger partial charge is 0.435 e. The average molecular weight is 411 g/mol. The minimum atomic E-state index is -2.85. The summed E-state index contributed by atoms with van der Waals surface area (Å²) < 4.78 is 29.2. The lowest BCUT2D eigenvalue weighted by Gasteiger charge is -2.17. The van der Waals surface area contributed by atoms with Crippen LogP contribution in [0.2, 0.25) is 0 Å². The number of benzene rings is 3. The van der Waals surface area contributed by atoms with Crippen molar-refractivity contribution in [1.82, 2.24) is 5.32 Å². The van der Waals surface area contributed by atoms with Gasteiger partial charge in [-0.3, -0.25) is 4.79 Å². The summed E-state index contributed by atoms with van der Waals surface area (Å²) in [5.74, 6) is 0.0590. The van der Waals surface area contributed by atoms with E-state index in [0.717, 1.165) is 17.5 Å². The Morgan fingerprint density at radius 2 is 1.47 bits per heavy atom. The Labute approximate surface area is 174 Å². The number of carbonyl (C=O) groups is 1. The number of nitrogens with one attached hydrogen (secondary N) is 1. The molecule has 0 unspecified atom stereocenters. The van der Waals surface area contributed by atoms with Crippen molar-refractivity contribution >= 4 is 5.91 Å².